The SMILES string of the molecule is CNC(=O)c1cccc2cc(Oc3ccnc4cc(OCCC#N)c5c(c34)CCO5)ccc12. The van der Waals surface area contributed by atoms with Crippen molar-refractivity contribution in [2.45, 2.75) is 12.8 Å². The molecule has 0 fully saturated rings. The second-order valence-corrected chi connectivity index (χ2v) is 7.61. The third kappa shape index (κ3) is 3.76. The van der Waals surface area contributed by atoms with Gasteiger partial charge < -0.3 is 19.5 Å². The molecule has 0 spiro atoms. The molecule has 1 aliphatic heterocycles. The second kappa shape index (κ2) is 8.67. The molecule has 0 aliphatic carbocycles. The monoisotopic (exact) mass is 439 g/mol. The van der Waals surface area contributed by atoms with Crippen molar-refractivity contribution >= 4 is 27.6 Å². The summed E-state index contributed by atoms with van der Waals surface area (Å²) >= 11 is 0. The summed E-state index contributed by atoms with van der Waals surface area (Å²) in [5, 5.41) is 14.1. The van der Waals surface area contributed by atoms with Crippen LogP contribution in [0, 0.1) is 11.3 Å². The lowest BCUT2D eigenvalue weighted by molar-refractivity contribution is 0.0964. The summed E-state index contributed by atoms with van der Waals surface area (Å²) < 4.78 is 17.9. The molecule has 0 saturated carbocycles. The third-order valence-corrected chi connectivity index (χ3v) is 5.63. The average molecular weight is 439 g/mol. The summed E-state index contributed by atoms with van der Waals surface area (Å²) in [7, 11) is 1.62. The quantitative estimate of drug-likeness (QED) is 0.435. The van der Waals surface area contributed by atoms with Crippen LogP contribution in [-0.2, 0) is 6.42 Å². The van der Waals surface area contributed by atoms with Crippen LogP contribution in [0.25, 0.3) is 21.7 Å². The number of aromatic nitrogens is 1. The lowest BCUT2D eigenvalue weighted by Gasteiger charge is -2.15. The van der Waals surface area contributed by atoms with Crippen LogP contribution in [0.15, 0.2) is 54.7 Å². The van der Waals surface area contributed by atoms with Gasteiger partial charge >= 0.3 is 0 Å². The Hall–Kier alpha value is -4.31. The van der Waals surface area contributed by atoms with Crippen LogP contribution in [0.4, 0.5) is 0 Å². The minimum atomic E-state index is -0.127. The molecule has 7 heteroatoms. The summed E-state index contributed by atoms with van der Waals surface area (Å²) in [5.74, 6) is 2.49. The molecule has 0 bridgehead atoms. The number of pyridine rings is 1. The first-order valence-electron chi connectivity index (χ1n) is 10.7. The molecule has 33 heavy (non-hydrogen) atoms. The van der Waals surface area contributed by atoms with Crippen molar-refractivity contribution < 1.29 is 19.0 Å². The fourth-order valence-electron chi connectivity index (χ4n) is 4.16. The van der Waals surface area contributed by atoms with E-state index in [9.17, 15) is 4.79 Å². The molecule has 0 atom stereocenters. The maximum atomic E-state index is 12.2. The molecule has 5 rings (SSSR count). The number of hydrogen-bond donors (Lipinski definition) is 1. The highest BCUT2D eigenvalue weighted by Crippen LogP contribution is 2.44. The minimum absolute atomic E-state index is 0.127. The van der Waals surface area contributed by atoms with E-state index in [-0.39, 0.29) is 5.91 Å². The van der Waals surface area contributed by atoms with Gasteiger partial charge in [0.25, 0.3) is 5.91 Å². The first-order valence-corrected chi connectivity index (χ1v) is 10.7. The summed E-state index contributed by atoms with van der Waals surface area (Å²) in [6.07, 6.45) is 2.72. The van der Waals surface area contributed by atoms with Crippen LogP contribution in [0.2, 0.25) is 0 Å². The van der Waals surface area contributed by atoms with Crippen LogP contribution in [0.1, 0.15) is 22.3 Å². The normalized spacial score (nSPS) is 12.1. The maximum absolute atomic E-state index is 12.2. The summed E-state index contributed by atoms with van der Waals surface area (Å²) in [6, 6.07) is 17.0. The Kier molecular flexibility index (Phi) is 5.41. The zero-order valence-corrected chi connectivity index (χ0v) is 18.1. The molecular weight excluding hydrogens is 418 g/mol. The highest BCUT2D eigenvalue weighted by Gasteiger charge is 2.24. The Morgan fingerprint density at radius 2 is 2.12 bits per heavy atom. The molecule has 4 aromatic rings. The topological polar surface area (TPSA) is 93.5 Å². The van der Waals surface area contributed by atoms with Gasteiger partial charge in [-0.15, -0.1) is 0 Å². The number of ether oxygens (including phenoxy) is 3. The van der Waals surface area contributed by atoms with Gasteiger partial charge in [0.05, 0.1) is 30.0 Å². The van der Waals surface area contributed by atoms with E-state index >= 15 is 0 Å². The van der Waals surface area contributed by atoms with Gasteiger partial charge in [-0.3, -0.25) is 9.78 Å². The van der Waals surface area contributed by atoms with E-state index in [0.29, 0.717) is 48.2 Å². The van der Waals surface area contributed by atoms with Gasteiger partial charge in [0.15, 0.2) is 11.5 Å². The Morgan fingerprint density at radius 1 is 1.21 bits per heavy atom. The van der Waals surface area contributed by atoms with E-state index in [4.69, 9.17) is 19.5 Å². The average Bonchev–Trinajstić information content (AvgIpc) is 3.33. The Morgan fingerprint density at radius 3 is 2.97 bits per heavy atom. The van der Waals surface area contributed by atoms with Gasteiger partial charge in [0, 0.05) is 36.9 Å². The van der Waals surface area contributed by atoms with Crippen molar-refractivity contribution in [1.82, 2.24) is 10.3 Å². The number of carbonyl (C=O) groups is 1. The number of fused-ring (bicyclic) bond motifs is 4. The number of nitriles is 1. The van der Waals surface area contributed by atoms with Crippen molar-refractivity contribution in [3.05, 3.63) is 65.9 Å². The third-order valence-electron chi connectivity index (χ3n) is 5.63. The number of nitrogens with one attached hydrogen (secondary N) is 1. The molecule has 164 valence electrons. The Labute approximate surface area is 190 Å². The van der Waals surface area contributed by atoms with E-state index in [1.54, 1.807) is 19.3 Å². The van der Waals surface area contributed by atoms with Crippen molar-refractivity contribution in [2.75, 3.05) is 20.3 Å². The van der Waals surface area contributed by atoms with Crippen molar-refractivity contribution in [3.63, 3.8) is 0 Å². The number of rotatable bonds is 6. The largest absolute Gasteiger partial charge is 0.489 e. The summed E-state index contributed by atoms with van der Waals surface area (Å²) in [4.78, 5) is 16.7. The van der Waals surface area contributed by atoms with Crippen molar-refractivity contribution in [1.29, 1.82) is 5.26 Å². The van der Waals surface area contributed by atoms with Crippen LogP contribution in [0.5, 0.6) is 23.0 Å². The van der Waals surface area contributed by atoms with Crippen LogP contribution in [-0.4, -0.2) is 31.2 Å². The van der Waals surface area contributed by atoms with Gasteiger partial charge in [-0.2, -0.15) is 5.26 Å². The maximum Gasteiger partial charge on any atom is 0.251 e. The van der Waals surface area contributed by atoms with Crippen LogP contribution < -0.4 is 19.5 Å². The zero-order chi connectivity index (χ0) is 22.8. The predicted octanol–water partition coefficient (Wildman–Crippen LogP) is 4.77. The summed E-state index contributed by atoms with van der Waals surface area (Å²) in [5.41, 5.74) is 2.35. The fourth-order valence-corrected chi connectivity index (χ4v) is 4.16. The fraction of sp³-hybridized carbons (Fsp3) is 0.192. The van der Waals surface area contributed by atoms with Gasteiger partial charge in [-0.1, -0.05) is 12.1 Å². The molecule has 1 aromatic heterocycles. The molecule has 2 heterocycles. The van der Waals surface area contributed by atoms with Gasteiger partial charge in [0.2, 0.25) is 0 Å². The summed E-state index contributed by atoms with van der Waals surface area (Å²) in [6.45, 7) is 0.846. The Bertz CT molecular complexity index is 1420. The molecule has 0 radical (unpaired) electrons. The zero-order valence-electron chi connectivity index (χ0n) is 18.1. The van der Waals surface area contributed by atoms with E-state index in [2.05, 4.69) is 16.4 Å². The molecule has 0 saturated heterocycles. The molecule has 1 amide bonds. The van der Waals surface area contributed by atoms with E-state index < -0.39 is 0 Å². The van der Waals surface area contributed by atoms with Gasteiger partial charge in [-0.05, 0) is 41.1 Å². The molecule has 1 aliphatic rings. The van der Waals surface area contributed by atoms with E-state index in [1.807, 2.05) is 42.5 Å². The van der Waals surface area contributed by atoms with Gasteiger partial charge in [0.1, 0.15) is 18.1 Å². The number of carbonyl (C=O) groups excluding carboxylic acids is 1. The second-order valence-electron chi connectivity index (χ2n) is 7.61. The standard InChI is InChI=1S/C26H21N3O4/c1-28-26(30)19-5-2-4-16-14-17(6-7-18(16)19)33-22-8-11-29-21-15-23(31-12-3-10-27)25-20(24(21)22)9-13-32-25/h2,4-8,11,14-15H,3,9,12-13H2,1H3,(H,28,30). The van der Waals surface area contributed by atoms with Gasteiger partial charge in [-0.25, -0.2) is 0 Å². The lowest BCUT2D eigenvalue weighted by Crippen LogP contribution is -2.17. The van der Waals surface area contributed by atoms with Crippen LogP contribution in [0.3, 0.4) is 0 Å². The number of hydrogen-bond acceptors (Lipinski definition) is 6. The molecule has 7 nitrogen and oxygen atoms in total. The molecule has 3 aromatic carbocycles. The van der Waals surface area contributed by atoms with E-state index in [1.165, 1.54) is 0 Å². The first kappa shape index (κ1) is 20.6. The van der Waals surface area contributed by atoms with Crippen molar-refractivity contribution in [3.8, 4) is 29.1 Å². The minimum Gasteiger partial charge on any atom is -0.489 e. The predicted molar refractivity (Wildman–Crippen MR) is 124 cm³/mol. The molecule has 1 N–H and O–H groups in total. The van der Waals surface area contributed by atoms with E-state index in [0.717, 1.165) is 33.7 Å². The number of benzene rings is 3. The highest BCUT2D eigenvalue weighted by molar-refractivity contribution is 6.07. The lowest BCUT2D eigenvalue weighted by atomic mass is 10.0. The first-order chi connectivity index (χ1) is 16.2. The van der Waals surface area contributed by atoms with Crippen molar-refractivity contribution in [2.24, 2.45) is 0 Å². The smallest absolute Gasteiger partial charge is 0.251 e. The Balaban J connectivity index is 1.55. The number of amides is 1. The molecular formula is C26H21N3O4. The van der Waals surface area contributed by atoms with Crippen LogP contribution >= 0.6 is 0 Å². The molecule has 0 unspecified atom stereocenters. The highest BCUT2D eigenvalue weighted by atomic mass is 16.5. The number of nitrogens with zero attached hydrogens (tertiary/aromatic N) is 2.